The Labute approximate surface area is 83.5 Å². The monoisotopic (exact) mass is 193 g/mol. The number of ketones is 1. The molecule has 0 aromatic carbocycles. The summed E-state index contributed by atoms with van der Waals surface area (Å²) in [4.78, 5) is 15.9. The molecule has 0 aromatic rings. The van der Waals surface area contributed by atoms with E-state index in [1.54, 1.807) is 7.05 Å². The highest BCUT2D eigenvalue weighted by Crippen LogP contribution is 2.25. The molecule has 0 bridgehead atoms. The highest BCUT2D eigenvalue weighted by Gasteiger charge is 2.36. The molecule has 2 aliphatic rings. The van der Waals surface area contributed by atoms with Crippen LogP contribution in [0.2, 0.25) is 0 Å². The number of carbonyl (C=O) groups excluding carboxylic acids is 1. The molecule has 0 saturated carbocycles. The lowest BCUT2D eigenvalue weighted by molar-refractivity contribution is -0.116. The Morgan fingerprint density at radius 2 is 2.14 bits per heavy atom. The van der Waals surface area contributed by atoms with E-state index in [4.69, 9.17) is 0 Å². The summed E-state index contributed by atoms with van der Waals surface area (Å²) in [6.45, 7) is 4.77. The zero-order valence-electron chi connectivity index (χ0n) is 8.77. The number of carbonyl (C=O) groups is 1. The number of nitrogens with one attached hydrogen (secondary N) is 2. The van der Waals surface area contributed by atoms with Crippen LogP contribution in [-0.4, -0.2) is 30.8 Å². The molecule has 4 nitrogen and oxygen atoms in total. The predicted molar refractivity (Wildman–Crippen MR) is 55.2 cm³/mol. The molecule has 0 unspecified atom stereocenters. The van der Waals surface area contributed by atoms with Crippen molar-refractivity contribution in [2.45, 2.75) is 25.8 Å². The van der Waals surface area contributed by atoms with Crippen LogP contribution in [0.15, 0.2) is 16.3 Å². The van der Waals surface area contributed by atoms with Gasteiger partial charge in [-0.15, -0.1) is 0 Å². The Kier molecular flexibility index (Phi) is 1.87. The van der Waals surface area contributed by atoms with Crippen molar-refractivity contribution in [3.63, 3.8) is 0 Å². The van der Waals surface area contributed by atoms with Gasteiger partial charge in [0.15, 0.2) is 5.78 Å². The number of aliphatic imine (C=N–C) groups is 1. The van der Waals surface area contributed by atoms with Crippen molar-refractivity contribution in [3.8, 4) is 0 Å². The lowest BCUT2D eigenvalue weighted by Crippen LogP contribution is -2.45. The van der Waals surface area contributed by atoms with Crippen LogP contribution in [0, 0.1) is 0 Å². The minimum atomic E-state index is -0.124. The Balaban J connectivity index is 2.41. The molecule has 2 aliphatic heterocycles. The van der Waals surface area contributed by atoms with Gasteiger partial charge in [0.2, 0.25) is 0 Å². The van der Waals surface area contributed by atoms with Crippen LogP contribution in [0.1, 0.15) is 20.3 Å². The molecule has 0 aliphatic carbocycles. The van der Waals surface area contributed by atoms with Crippen molar-refractivity contribution in [1.29, 1.82) is 0 Å². The predicted octanol–water partition coefficient (Wildman–Crippen LogP) is 0.213. The van der Waals surface area contributed by atoms with Gasteiger partial charge >= 0.3 is 0 Å². The van der Waals surface area contributed by atoms with E-state index < -0.39 is 0 Å². The van der Waals surface area contributed by atoms with Crippen LogP contribution in [0.5, 0.6) is 0 Å². The summed E-state index contributed by atoms with van der Waals surface area (Å²) >= 11 is 0. The third-order valence-electron chi connectivity index (χ3n) is 2.57. The van der Waals surface area contributed by atoms with Gasteiger partial charge in [-0.3, -0.25) is 9.79 Å². The fraction of sp³-hybridized carbons (Fsp3) is 0.600. The van der Waals surface area contributed by atoms with Crippen LogP contribution in [0.25, 0.3) is 0 Å². The van der Waals surface area contributed by atoms with Crippen molar-refractivity contribution < 1.29 is 4.79 Å². The first-order valence-electron chi connectivity index (χ1n) is 4.79. The van der Waals surface area contributed by atoms with Crippen LogP contribution in [0.3, 0.4) is 0 Å². The highest BCUT2D eigenvalue weighted by molar-refractivity contribution is 6.24. The summed E-state index contributed by atoms with van der Waals surface area (Å²) in [5.74, 6) is 0.919. The third-order valence-corrected chi connectivity index (χ3v) is 2.57. The fourth-order valence-corrected chi connectivity index (χ4v) is 2.03. The molecule has 2 N–H and O–H groups in total. The van der Waals surface area contributed by atoms with Gasteiger partial charge in [-0.2, -0.15) is 0 Å². The maximum absolute atomic E-state index is 11.8. The summed E-state index contributed by atoms with van der Waals surface area (Å²) in [6.07, 6.45) is 0.534. The molecule has 0 fully saturated rings. The topological polar surface area (TPSA) is 53.5 Å². The lowest BCUT2D eigenvalue weighted by atomic mass is 9.89. The first-order chi connectivity index (χ1) is 6.53. The van der Waals surface area contributed by atoms with Crippen molar-refractivity contribution in [1.82, 2.24) is 10.6 Å². The van der Waals surface area contributed by atoms with E-state index in [1.165, 1.54) is 0 Å². The van der Waals surface area contributed by atoms with Gasteiger partial charge in [0, 0.05) is 24.7 Å². The highest BCUT2D eigenvalue weighted by atomic mass is 16.1. The van der Waals surface area contributed by atoms with E-state index in [1.807, 2.05) is 13.8 Å². The second-order valence-electron chi connectivity index (χ2n) is 4.39. The number of hydrogen-bond acceptors (Lipinski definition) is 3. The second kappa shape index (κ2) is 2.83. The summed E-state index contributed by atoms with van der Waals surface area (Å²) in [5, 5.41) is 6.47. The Morgan fingerprint density at radius 3 is 2.79 bits per heavy atom. The maximum Gasteiger partial charge on any atom is 0.170 e. The molecule has 2 rings (SSSR count). The van der Waals surface area contributed by atoms with Crippen LogP contribution in [0.4, 0.5) is 0 Å². The average molecular weight is 193 g/mol. The van der Waals surface area contributed by atoms with Gasteiger partial charge in [0.1, 0.15) is 5.84 Å². The van der Waals surface area contributed by atoms with E-state index >= 15 is 0 Å². The molecule has 2 heterocycles. The standard InChI is InChI=1S/C10H15N3O/c1-10(2)4-7(14)8-6(13-10)5-12-9(8)11-3/h13H,4-5H2,1-3H3,(H,11,12). The molecule has 0 amide bonds. The number of amidine groups is 1. The lowest BCUT2D eigenvalue weighted by Gasteiger charge is -2.31. The number of hydrogen-bond donors (Lipinski definition) is 2. The number of rotatable bonds is 0. The normalized spacial score (nSPS) is 27.4. The number of Topliss-reactive ketones (excluding diaryl/α,β-unsaturated/α-hetero) is 1. The van der Waals surface area contributed by atoms with Gasteiger partial charge in [0.05, 0.1) is 12.1 Å². The molecule has 0 atom stereocenters. The summed E-state index contributed by atoms with van der Waals surface area (Å²) in [5.41, 5.74) is 1.62. The Bertz CT molecular complexity index is 352. The summed E-state index contributed by atoms with van der Waals surface area (Å²) in [7, 11) is 1.70. The smallest absolute Gasteiger partial charge is 0.170 e. The van der Waals surface area contributed by atoms with Crippen LogP contribution >= 0.6 is 0 Å². The van der Waals surface area contributed by atoms with Gasteiger partial charge in [-0.1, -0.05) is 0 Å². The zero-order chi connectivity index (χ0) is 10.3. The van der Waals surface area contributed by atoms with Crippen LogP contribution < -0.4 is 10.6 Å². The van der Waals surface area contributed by atoms with Crippen LogP contribution in [-0.2, 0) is 4.79 Å². The average Bonchev–Trinajstić information content (AvgIpc) is 2.44. The van der Waals surface area contributed by atoms with Crippen molar-refractivity contribution in [2.75, 3.05) is 13.6 Å². The van der Waals surface area contributed by atoms with E-state index in [2.05, 4.69) is 15.6 Å². The third kappa shape index (κ3) is 1.31. The molecule has 4 heteroatoms. The van der Waals surface area contributed by atoms with Crippen molar-refractivity contribution in [3.05, 3.63) is 11.3 Å². The zero-order valence-corrected chi connectivity index (χ0v) is 8.77. The Morgan fingerprint density at radius 1 is 1.43 bits per heavy atom. The Hall–Kier alpha value is -1.32. The molecule has 0 spiro atoms. The fourth-order valence-electron chi connectivity index (χ4n) is 2.03. The van der Waals surface area contributed by atoms with Gasteiger partial charge in [-0.25, -0.2) is 0 Å². The largest absolute Gasteiger partial charge is 0.381 e. The van der Waals surface area contributed by atoms with E-state index in [9.17, 15) is 4.79 Å². The molecule has 76 valence electrons. The van der Waals surface area contributed by atoms with E-state index in [0.29, 0.717) is 13.0 Å². The van der Waals surface area contributed by atoms with Gasteiger partial charge < -0.3 is 10.6 Å². The SMILES string of the molecule is CN=C1NCC2=C1C(=O)CC(C)(C)N2. The van der Waals surface area contributed by atoms with Crippen molar-refractivity contribution in [2.24, 2.45) is 4.99 Å². The minimum Gasteiger partial charge on any atom is -0.381 e. The summed E-state index contributed by atoms with van der Waals surface area (Å²) < 4.78 is 0. The summed E-state index contributed by atoms with van der Waals surface area (Å²) in [6, 6.07) is 0. The molecular weight excluding hydrogens is 178 g/mol. The first-order valence-corrected chi connectivity index (χ1v) is 4.79. The molecule has 14 heavy (non-hydrogen) atoms. The molecule has 0 aromatic heterocycles. The molecule has 0 radical (unpaired) electrons. The number of nitrogens with zero attached hydrogens (tertiary/aromatic N) is 1. The molecule has 0 saturated heterocycles. The molecular formula is C10H15N3O. The first kappa shape index (κ1) is 9.24. The van der Waals surface area contributed by atoms with Gasteiger partial charge in [0.25, 0.3) is 0 Å². The van der Waals surface area contributed by atoms with E-state index in [-0.39, 0.29) is 11.3 Å². The van der Waals surface area contributed by atoms with Gasteiger partial charge in [-0.05, 0) is 13.8 Å². The quantitative estimate of drug-likeness (QED) is 0.578. The van der Waals surface area contributed by atoms with Crippen molar-refractivity contribution >= 4 is 11.6 Å². The van der Waals surface area contributed by atoms with E-state index in [0.717, 1.165) is 17.1 Å². The minimum absolute atomic E-state index is 0.124. The second-order valence-corrected chi connectivity index (χ2v) is 4.39. The maximum atomic E-state index is 11.8.